The third kappa shape index (κ3) is 2.47. The Balaban J connectivity index is 1.55. The highest BCUT2D eigenvalue weighted by atomic mass is 15.2. The van der Waals surface area contributed by atoms with E-state index in [1.165, 1.54) is 37.7 Å². The van der Waals surface area contributed by atoms with Crippen molar-refractivity contribution in [2.45, 2.75) is 56.8 Å². The third-order valence-corrected chi connectivity index (χ3v) is 4.83. The lowest BCUT2D eigenvalue weighted by molar-refractivity contribution is 0.0482. The van der Waals surface area contributed by atoms with Gasteiger partial charge < -0.3 is 14.8 Å². The lowest BCUT2D eigenvalue weighted by Gasteiger charge is -2.47. The second kappa shape index (κ2) is 5.06. The second-order valence-corrected chi connectivity index (χ2v) is 6.14. The fourth-order valence-corrected chi connectivity index (χ4v) is 3.71. The van der Waals surface area contributed by atoms with Crippen molar-refractivity contribution in [3.05, 3.63) is 24.0 Å². The van der Waals surface area contributed by atoms with Crippen LogP contribution in [0, 0.1) is 0 Å². The maximum Gasteiger partial charge on any atom is 0.0223 e. The molecule has 1 N–H and O–H groups in total. The number of rotatable bonds is 3. The zero-order chi connectivity index (χ0) is 12.5. The number of fused-ring (bicyclic) bond motifs is 2. The zero-order valence-corrected chi connectivity index (χ0v) is 11.6. The minimum Gasteiger partial charge on any atom is -0.357 e. The van der Waals surface area contributed by atoms with Crippen molar-refractivity contribution in [2.75, 3.05) is 7.05 Å². The summed E-state index contributed by atoms with van der Waals surface area (Å²) in [5.41, 5.74) is 1.40. The molecule has 0 aromatic carbocycles. The molecular weight excluding hydrogens is 222 g/mol. The van der Waals surface area contributed by atoms with Crippen molar-refractivity contribution in [2.24, 2.45) is 7.05 Å². The molecule has 1 aromatic rings. The van der Waals surface area contributed by atoms with Gasteiger partial charge >= 0.3 is 0 Å². The van der Waals surface area contributed by atoms with Gasteiger partial charge in [0.15, 0.2) is 0 Å². The normalized spacial score (nSPS) is 32.7. The maximum atomic E-state index is 3.76. The van der Waals surface area contributed by atoms with Crippen molar-refractivity contribution in [1.82, 2.24) is 14.8 Å². The Kier molecular flexibility index (Phi) is 3.44. The van der Waals surface area contributed by atoms with E-state index >= 15 is 0 Å². The van der Waals surface area contributed by atoms with Crippen LogP contribution < -0.4 is 5.32 Å². The molecule has 3 heterocycles. The molecule has 2 saturated heterocycles. The van der Waals surface area contributed by atoms with Crippen molar-refractivity contribution in [3.63, 3.8) is 0 Å². The van der Waals surface area contributed by atoms with E-state index < -0.39 is 0 Å². The predicted octanol–water partition coefficient (Wildman–Crippen LogP) is 2.13. The Morgan fingerprint density at radius 3 is 2.56 bits per heavy atom. The first-order valence-electron chi connectivity index (χ1n) is 7.28. The molecule has 3 nitrogen and oxygen atoms in total. The number of aromatic nitrogens is 1. The van der Waals surface area contributed by atoms with Gasteiger partial charge in [-0.1, -0.05) is 6.42 Å². The van der Waals surface area contributed by atoms with Gasteiger partial charge in [0.1, 0.15) is 0 Å². The summed E-state index contributed by atoms with van der Waals surface area (Å²) < 4.78 is 2.13. The Bertz CT molecular complexity index is 384. The molecule has 2 unspecified atom stereocenters. The minimum atomic E-state index is 0.719. The summed E-state index contributed by atoms with van der Waals surface area (Å²) in [6, 6.07) is 4.58. The average molecular weight is 247 g/mol. The molecule has 0 amide bonds. The Morgan fingerprint density at radius 2 is 1.94 bits per heavy atom. The van der Waals surface area contributed by atoms with E-state index in [1.54, 1.807) is 0 Å². The van der Waals surface area contributed by atoms with Crippen LogP contribution in [-0.2, 0) is 13.6 Å². The van der Waals surface area contributed by atoms with Crippen LogP contribution in [0.25, 0.3) is 0 Å². The van der Waals surface area contributed by atoms with Crippen LogP contribution in [-0.4, -0.2) is 34.6 Å². The zero-order valence-electron chi connectivity index (χ0n) is 11.6. The molecule has 0 radical (unpaired) electrons. The summed E-state index contributed by atoms with van der Waals surface area (Å²) in [6.45, 7) is 1.02. The number of piperidine rings is 2. The van der Waals surface area contributed by atoms with Crippen LogP contribution in [0.4, 0.5) is 0 Å². The average Bonchev–Trinajstić information content (AvgIpc) is 2.73. The van der Waals surface area contributed by atoms with E-state index in [0.29, 0.717) is 0 Å². The van der Waals surface area contributed by atoms with Crippen molar-refractivity contribution < 1.29 is 0 Å². The summed E-state index contributed by atoms with van der Waals surface area (Å²) in [5.74, 6) is 0. The summed E-state index contributed by atoms with van der Waals surface area (Å²) >= 11 is 0. The van der Waals surface area contributed by atoms with Gasteiger partial charge in [-0.15, -0.1) is 0 Å². The third-order valence-electron chi connectivity index (χ3n) is 4.83. The summed E-state index contributed by atoms with van der Waals surface area (Å²) in [4.78, 5) is 2.63. The van der Waals surface area contributed by atoms with Crippen LogP contribution in [0.5, 0.6) is 0 Å². The van der Waals surface area contributed by atoms with Gasteiger partial charge in [0.2, 0.25) is 0 Å². The molecule has 3 rings (SSSR count). The summed E-state index contributed by atoms with van der Waals surface area (Å²) in [7, 11) is 4.41. The minimum absolute atomic E-state index is 0.719. The van der Waals surface area contributed by atoms with E-state index in [9.17, 15) is 0 Å². The molecule has 2 fully saturated rings. The second-order valence-electron chi connectivity index (χ2n) is 6.14. The maximum absolute atomic E-state index is 3.76. The molecule has 2 bridgehead atoms. The Hall–Kier alpha value is -0.800. The number of nitrogens with zero attached hydrogens (tertiary/aromatic N) is 2. The number of hydrogen-bond donors (Lipinski definition) is 1. The van der Waals surface area contributed by atoms with Gasteiger partial charge in [0, 0.05) is 44.1 Å². The first-order chi connectivity index (χ1) is 8.72. The van der Waals surface area contributed by atoms with Crippen molar-refractivity contribution in [1.29, 1.82) is 0 Å². The standard InChI is InChI=1S/C15H25N3/c1-17-7-6-12(11-17)10-16-13-8-14-4-3-5-15(9-13)18(14)2/h6-7,11,13-16H,3-5,8-10H2,1-2H3. The fraction of sp³-hybridized carbons (Fsp3) is 0.733. The highest BCUT2D eigenvalue weighted by Gasteiger charge is 2.35. The van der Waals surface area contributed by atoms with Crippen molar-refractivity contribution >= 4 is 0 Å². The number of aryl methyl sites for hydroxylation is 1. The van der Waals surface area contributed by atoms with Crippen LogP contribution in [0.1, 0.15) is 37.7 Å². The smallest absolute Gasteiger partial charge is 0.0223 e. The predicted molar refractivity (Wildman–Crippen MR) is 74.5 cm³/mol. The van der Waals surface area contributed by atoms with E-state index in [1.807, 2.05) is 0 Å². The molecule has 3 heteroatoms. The first kappa shape index (κ1) is 12.2. The molecule has 100 valence electrons. The molecular formula is C15H25N3. The molecule has 0 saturated carbocycles. The van der Waals surface area contributed by atoms with Gasteiger partial charge in [-0.25, -0.2) is 0 Å². The fourth-order valence-electron chi connectivity index (χ4n) is 3.71. The summed E-state index contributed by atoms with van der Waals surface area (Å²) in [5, 5.41) is 3.76. The highest BCUT2D eigenvalue weighted by molar-refractivity contribution is 5.09. The van der Waals surface area contributed by atoms with Crippen molar-refractivity contribution in [3.8, 4) is 0 Å². The van der Waals surface area contributed by atoms with Gasteiger partial charge in [-0.05, 0) is 44.4 Å². The highest BCUT2D eigenvalue weighted by Crippen LogP contribution is 2.32. The summed E-state index contributed by atoms with van der Waals surface area (Å²) in [6.07, 6.45) is 11.2. The number of nitrogens with one attached hydrogen (secondary N) is 1. The van der Waals surface area contributed by atoms with Gasteiger partial charge in [-0.2, -0.15) is 0 Å². The van der Waals surface area contributed by atoms with Crippen LogP contribution in [0.3, 0.4) is 0 Å². The van der Waals surface area contributed by atoms with E-state index in [2.05, 4.69) is 47.3 Å². The molecule has 0 spiro atoms. The Labute approximate surface area is 110 Å². The van der Waals surface area contributed by atoms with Crippen LogP contribution in [0.15, 0.2) is 18.5 Å². The molecule has 2 atom stereocenters. The molecule has 0 aliphatic carbocycles. The largest absolute Gasteiger partial charge is 0.357 e. The van der Waals surface area contributed by atoms with Crippen LogP contribution in [0.2, 0.25) is 0 Å². The Morgan fingerprint density at radius 1 is 1.22 bits per heavy atom. The first-order valence-corrected chi connectivity index (χ1v) is 7.28. The van der Waals surface area contributed by atoms with Gasteiger partial charge in [0.25, 0.3) is 0 Å². The molecule has 18 heavy (non-hydrogen) atoms. The van der Waals surface area contributed by atoms with E-state index in [0.717, 1.165) is 24.7 Å². The monoisotopic (exact) mass is 247 g/mol. The van der Waals surface area contributed by atoms with E-state index in [4.69, 9.17) is 0 Å². The SMILES string of the molecule is CN1C2CCCC1CC(NCc1ccn(C)c1)C2. The lowest BCUT2D eigenvalue weighted by atomic mass is 9.82. The topological polar surface area (TPSA) is 20.2 Å². The number of hydrogen-bond acceptors (Lipinski definition) is 2. The molecule has 2 aliphatic heterocycles. The van der Waals surface area contributed by atoms with Gasteiger partial charge in [0.05, 0.1) is 0 Å². The lowest BCUT2D eigenvalue weighted by Crippen LogP contribution is -2.54. The quantitative estimate of drug-likeness (QED) is 0.883. The molecule has 2 aliphatic rings. The van der Waals surface area contributed by atoms with E-state index in [-0.39, 0.29) is 0 Å². The van der Waals surface area contributed by atoms with Crippen LogP contribution >= 0.6 is 0 Å². The molecule has 1 aromatic heterocycles. The van der Waals surface area contributed by atoms with Gasteiger partial charge in [-0.3, -0.25) is 0 Å².